The van der Waals surface area contributed by atoms with Crippen molar-refractivity contribution in [2.45, 2.75) is 32.1 Å². The maximum absolute atomic E-state index is 10.4. The lowest BCUT2D eigenvalue weighted by Crippen LogP contribution is -2.02. The molecule has 10 heavy (non-hydrogen) atoms. The first-order chi connectivity index (χ1) is 4.93. The highest BCUT2D eigenvalue weighted by Gasteiger charge is 2.06. The summed E-state index contributed by atoms with van der Waals surface area (Å²) < 4.78 is 0. The minimum Gasteiger partial charge on any atom is -0.303 e. The van der Waals surface area contributed by atoms with Gasteiger partial charge in [-0.2, -0.15) is 0 Å². The van der Waals surface area contributed by atoms with Gasteiger partial charge in [0, 0.05) is 5.92 Å². The lowest BCUT2D eigenvalue weighted by molar-refractivity contribution is -0.111. The van der Waals surface area contributed by atoms with Gasteiger partial charge in [0.25, 0.3) is 0 Å². The maximum Gasteiger partial charge on any atom is 0.123 e. The number of hydrogen-bond donors (Lipinski definition) is 0. The molecular weight excluding hydrogens is 124 g/mol. The topological polar surface area (TPSA) is 17.1 Å². The molecule has 0 fully saturated rings. The predicted octanol–water partition coefficient (Wildman–Crippen LogP) is 2.32. The molecule has 1 aliphatic rings. The first-order valence-corrected chi connectivity index (χ1v) is 4.04. The van der Waals surface area contributed by atoms with Crippen LogP contribution in [0.5, 0.6) is 0 Å². The van der Waals surface area contributed by atoms with Crippen LogP contribution in [0.3, 0.4) is 0 Å². The average Bonchev–Trinajstić information content (AvgIpc) is 1.87. The first-order valence-electron chi connectivity index (χ1n) is 4.04. The van der Waals surface area contributed by atoms with Crippen molar-refractivity contribution in [3.8, 4) is 0 Å². The Morgan fingerprint density at radius 3 is 2.80 bits per heavy atom. The molecule has 1 rings (SSSR count). The lowest BCUT2D eigenvalue weighted by atomic mass is 9.96. The van der Waals surface area contributed by atoms with Crippen molar-refractivity contribution in [3.63, 3.8) is 0 Å². The van der Waals surface area contributed by atoms with E-state index >= 15 is 0 Å². The molecule has 0 amide bonds. The van der Waals surface area contributed by atoms with E-state index in [9.17, 15) is 4.79 Å². The van der Waals surface area contributed by atoms with Gasteiger partial charge in [0.05, 0.1) is 0 Å². The third-order valence-electron chi connectivity index (χ3n) is 2.01. The van der Waals surface area contributed by atoms with E-state index in [2.05, 4.69) is 12.2 Å². The van der Waals surface area contributed by atoms with E-state index in [-0.39, 0.29) is 0 Å². The fourth-order valence-electron chi connectivity index (χ4n) is 1.32. The number of allylic oxidation sites excluding steroid dienone is 2. The number of carbonyl (C=O) groups is 1. The lowest BCUT2D eigenvalue weighted by Gasteiger charge is -2.09. The van der Waals surface area contributed by atoms with Crippen molar-refractivity contribution >= 4 is 6.29 Å². The third kappa shape index (κ3) is 2.34. The summed E-state index contributed by atoms with van der Waals surface area (Å²) in [6, 6.07) is 0. The summed E-state index contributed by atoms with van der Waals surface area (Å²) >= 11 is 0. The summed E-state index contributed by atoms with van der Waals surface area (Å²) in [5.41, 5.74) is 0. The Balaban J connectivity index is 2.34. The van der Waals surface area contributed by atoms with Crippen molar-refractivity contribution in [2.24, 2.45) is 5.92 Å². The summed E-state index contributed by atoms with van der Waals surface area (Å²) in [6.45, 7) is 0. The zero-order valence-electron chi connectivity index (χ0n) is 6.25. The van der Waals surface area contributed by atoms with Gasteiger partial charge < -0.3 is 4.79 Å². The molecule has 56 valence electrons. The zero-order valence-corrected chi connectivity index (χ0v) is 6.25. The number of aldehydes is 1. The molecule has 0 saturated carbocycles. The highest BCUT2D eigenvalue weighted by atomic mass is 16.1. The van der Waals surface area contributed by atoms with Gasteiger partial charge in [-0.3, -0.25) is 0 Å². The van der Waals surface area contributed by atoms with Crippen LogP contribution >= 0.6 is 0 Å². The van der Waals surface area contributed by atoms with Crippen molar-refractivity contribution in [2.75, 3.05) is 0 Å². The average molecular weight is 138 g/mol. The predicted molar refractivity (Wildman–Crippen MR) is 41.8 cm³/mol. The molecule has 0 aliphatic heterocycles. The summed E-state index contributed by atoms with van der Waals surface area (Å²) in [5, 5.41) is 0. The van der Waals surface area contributed by atoms with Crippen LogP contribution in [-0.2, 0) is 4.79 Å². The summed E-state index contributed by atoms with van der Waals surface area (Å²) in [4.78, 5) is 10.4. The third-order valence-corrected chi connectivity index (χ3v) is 2.01. The van der Waals surface area contributed by atoms with E-state index in [0.717, 1.165) is 32.0 Å². The molecule has 1 aliphatic carbocycles. The minimum absolute atomic E-state index is 0.338. The largest absolute Gasteiger partial charge is 0.303 e. The SMILES string of the molecule is O=CC1CC/C=C\CCC1. The molecule has 1 heteroatoms. The monoisotopic (exact) mass is 138 g/mol. The van der Waals surface area contributed by atoms with Crippen LogP contribution < -0.4 is 0 Å². The summed E-state index contributed by atoms with van der Waals surface area (Å²) in [6.07, 6.45) is 11.1. The van der Waals surface area contributed by atoms with E-state index in [4.69, 9.17) is 0 Å². The van der Waals surface area contributed by atoms with Crippen LogP contribution in [0.2, 0.25) is 0 Å². The van der Waals surface area contributed by atoms with E-state index in [1.54, 1.807) is 0 Å². The van der Waals surface area contributed by atoms with E-state index in [1.807, 2.05) is 0 Å². The second-order valence-electron chi connectivity index (χ2n) is 2.88. The Morgan fingerprint density at radius 1 is 1.20 bits per heavy atom. The molecule has 0 aromatic carbocycles. The molecule has 0 aromatic rings. The Labute approximate surface area is 62.1 Å². The van der Waals surface area contributed by atoms with Crippen LogP contribution in [0.25, 0.3) is 0 Å². The number of rotatable bonds is 1. The molecule has 0 heterocycles. The van der Waals surface area contributed by atoms with Crippen molar-refractivity contribution in [1.29, 1.82) is 0 Å². The Kier molecular flexibility index (Phi) is 3.20. The molecule has 0 saturated heterocycles. The molecular formula is C9H14O. The zero-order chi connectivity index (χ0) is 7.23. The van der Waals surface area contributed by atoms with E-state index < -0.39 is 0 Å². The Hall–Kier alpha value is -0.590. The number of carbonyl (C=O) groups excluding carboxylic acids is 1. The molecule has 0 bridgehead atoms. The summed E-state index contributed by atoms with van der Waals surface area (Å²) in [5.74, 6) is 0.338. The second-order valence-corrected chi connectivity index (χ2v) is 2.88. The van der Waals surface area contributed by atoms with E-state index in [1.165, 1.54) is 6.42 Å². The molecule has 0 aromatic heterocycles. The minimum atomic E-state index is 0.338. The van der Waals surface area contributed by atoms with Crippen LogP contribution in [0.1, 0.15) is 32.1 Å². The van der Waals surface area contributed by atoms with E-state index in [0.29, 0.717) is 5.92 Å². The van der Waals surface area contributed by atoms with Crippen molar-refractivity contribution < 1.29 is 4.79 Å². The Bertz CT molecular complexity index is 127. The fraction of sp³-hybridized carbons (Fsp3) is 0.667. The van der Waals surface area contributed by atoms with Gasteiger partial charge in [0.15, 0.2) is 0 Å². The fourth-order valence-corrected chi connectivity index (χ4v) is 1.32. The highest BCUT2D eigenvalue weighted by molar-refractivity contribution is 5.53. The van der Waals surface area contributed by atoms with Gasteiger partial charge in [0.1, 0.15) is 6.29 Å². The highest BCUT2D eigenvalue weighted by Crippen LogP contribution is 2.15. The normalized spacial score (nSPS) is 30.2. The number of hydrogen-bond acceptors (Lipinski definition) is 1. The molecule has 0 spiro atoms. The van der Waals surface area contributed by atoms with Gasteiger partial charge in [-0.15, -0.1) is 0 Å². The molecule has 1 atom stereocenters. The van der Waals surface area contributed by atoms with Crippen LogP contribution in [0.15, 0.2) is 12.2 Å². The van der Waals surface area contributed by atoms with Gasteiger partial charge in [-0.1, -0.05) is 12.2 Å². The van der Waals surface area contributed by atoms with Gasteiger partial charge in [0.2, 0.25) is 0 Å². The van der Waals surface area contributed by atoms with Crippen LogP contribution in [0, 0.1) is 5.92 Å². The molecule has 1 unspecified atom stereocenters. The van der Waals surface area contributed by atoms with Gasteiger partial charge in [-0.05, 0) is 32.1 Å². The Morgan fingerprint density at radius 2 is 2.00 bits per heavy atom. The standard InChI is InChI=1S/C9H14O/c10-8-9-6-4-2-1-3-5-7-9/h1-2,8-9H,3-7H2/b2-1-. The van der Waals surface area contributed by atoms with Crippen LogP contribution in [0.4, 0.5) is 0 Å². The molecule has 0 radical (unpaired) electrons. The van der Waals surface area contributed by atoms with Gasteiger partial charge >= 0.3 is 0 Å². The molecule has 0 N–H and O–H groups in total. The van der Waals surface area contributed by atoms with Crippen molar-refractivity contribution in [3.05, 3.63) is 12.2 Å². The smallest absolute Gasteiger partial charge is 0.123 e. The van der Waals surface area contributed by atoms with Crippen LogP contribution in [-0.4, -0.2) is 6.29 Å². The van der Waals surface area contributed by atoms with Crippen molar-refractivity contribution in [1.82, 2.24) is 0 Å². The second kappa shape index (κ2) is 4.26. The molecule has 1 nitrogen and oxygen atoms in total. The van der Waals surface area contributed by atoms with Gasteiger partial charge in [-0.25, -0.2) is 0 Å². The first kappa shape index (κ1) is 7.52. The summed E-state index contributed by atoms with van der Waals surface area (Å²) in [7, 11) is 0. The maximum atomic E-state index is 10.4. The quantitative estimate of drug-likeness (QED) is 0.401.